The molecule has 3 nitrogen and oxygen atoms in total. The van der Waals surface area contributed by atoms with Gasteiger partial charge >= 0.3 is 0 Å². The molecule has 104 valence electrons. The number of nitrogens with one attached hydrogen (secondary N) is 1. The maximum absolute atomic E-state index is 13.6. The predicted molar refractivity (Wildman–Crippen MR) is 74.8 cm³/mol. The third-order valence-electron chi connectivity index (χ3n) is 3.34. The summed E-state index contributed by atoms with van der Waals surface area (Å²) in [5.41, 5.74) is 0.751. The van der Waals surface area contributed by atoms with Gasteiger partial charge in [-0.2, -0.15) is 0 Å². The monoisotopic (exact) mass is 285 g/mol. The second-order valence-corrected chi connectivity index (χ2v) is 4.78. The van der Waals surface area contributed by atoms with Gasteiger partial charge in [-0.1, -0.05) is 13.8 Å². The lowest BCUT2D eigenvalue weighted by Crippen LogP contribution is -2.27. The van der Waals surface area contributed by atoms with Crippen LogP contribution in [0.25, 0.3) is 11.0 Å². The number of hydrogen-bond donors (Lipinski definition) is 1. The molecule has 2 rings (SSSR count). The van der Waals surface area contributed by atoms with E-state index in [1.54, 1.807) is 4.57 Å². The van der Waals surface area contributed by atoms with Gasteiger partial charge in [0.1, 0.15) is 11.3 Å². The van der Waals surface area contributed by atoms with Crippen molar-refractivity contribution in [3.8, 4) is 0 Å². The SMILES string of the molecule is CCN(CC)CCn1c(=S)[nH]c2c(F)cc(F)cc21. The number of likely N-dealkylation sites (N-methyl/N-ethyl adjacent to an activating group) is 1. The number of fused-ring (bicyclic) bond motifs is 1. The van der Waals surface area contributed by atoms with E-state index in [-0.39, 0.29) is 5.52 Å². The van der Waals surface area contributed by atoms with Crippen LogP contribution >= 0.6 is 12.2 Å². The van der Waals surface area contributed by atoms with Crippen molar-refractivity contribution in [1.82, 2.24) is 14.5 Å². The van der Waals surface area contributed by atoms with Crippen LogP contribution in [0.2, 0.25) is 0 Å². The van der Waals surface area contributed by atoms with E-state index in [1.165, 1.54) is 6.07 Å². The van der Waals surface area contributed by atoms with Crippen LogP contribution in [-0.4, -0.2) is 34.1 Å². The molecule has 1 aromatic carbocycles. The first-order valence-corrected chi connectivity index (χ1v) is 6.77. The molecular formula is C13H17F2N3S. The first-order valence-electron chi connectivity index (χ1n) is 6.36. The lowest BCUT2D eigenvalue weighted by molar-refractivity contribution is 0.291. The Morgan fingerprint density at radius 1 is 1.26 bits per heavy atom. The fourth-order valence-electron chi connectivity index (χ4n) is 2.18. The second-order valence-electron chi connectivity index (χ2n) is 4.39. The summed E-state index contributed by atoms with van der Waals surface area (Å²) in [5.74, 6) is -1.20. The highest BCUT2D eigenvalue weighted by Gasteiger charge is 2.11. The normalized spacial score (nSPS) is 11.6. The maximum Gasteiger partial charge on any atom is 0.178 e. The fraction of sp³-hybridized carbons (Fsp3) is 0.462. The lowest BCUT2D eigenvalue weighted by Gasteiger charge is -2.18. The van der Waals surface area contributed by atoms with E-state index < -0.39 is 11.6 Å². The molecule has 0 unspecified atom stereocenters. The average Bonchev–Trinajstić information content (AvgIpc) is 2.68. The summed E-state index contributed by atoms with van der Waals surface area (Å²) in [5, 5.41) is 0. The molecule has 0 spiro atoms. The third-order valence-corrected chi connectivity index (χ3v) is 3.66. The highest BCUT2D eigenvalue weighted by molar-refractivity contribution is 7.71. The molecule has 2 aromatic rings. The zero-order valence-corrected chi connectivity index (χ0v) is 11.9. The van der Waals surface area contributed by atoms with E-state index in [1.807, 2.05) is 0 Å². The minimum absolute atomic E-state index is 0.269. The highest BCUT2D eigenvalue weighted by Crippen LogP contribution is 2.19. The van der Waals surface area contributed by atoms with E-state index in [4.69, 9.17) is 12.2 Å². The van der Waals surface area contributed by atoms with Gasteiger partial charge in [0, 0.05) is 19.2 Å². The van der Waals surface area contributed by atoms with Gasteiger partial charge in [-0.05, 0) is 31.4 Å². The van der Waals surface area contributed by atoms with Crippen molar-refractivity contribution in [2.75, 3.05) is 19.6 Å². The molecule has 0 bridgehead atoms. The van der Waals surface area contributed by atoms with Crippen LogP contribution < -0.4 is 0 Å². The molecule has 1 aromatic heterocycles. The molecule has 0 saturated carbocycles. The molecule has 0 saturated heterocycles. The number of halogens is 2. The Labute approximate surface area is 115 Å². The summed E-state index contributed by atoms with van der Waals surface area (Å²) in [7, 11) is 0. The summed E-state index contributed by atoms with van der Waals surface area (Å²) in [6.45, 7) is 7.45. The van der Waals surface area contributed by atoms with Crippen molar-refractivity contribution in [3.63, 3.8) is 0 Å². The van der Waals surface area contributed by atoms with E-state index in [2.05, 4.69) is 23.7 Å². The zero-order chi connectivity index (χ0) is 14.0. The van der Waals surface area contributed by atoms with Gasteiger partial charge in [0.05, 0.1) is 5.52 Å². The van der Waals surface area contributed by atoms with E-state index in [9.17, 15) is 8.78 Å². The van der Waals surface area contributed by atoms with E-state index in [0.29, 0.717) is 16.8 Å². The van der Waals surface area contributed by atoms with Crippen LogP contribution in [0.1, 0.15) is 13.8 Å². The number of benzene rings is 1. The van der Waals surface area contributed by atoms with E-state index in [0.717, 1.165) is 25.7 Å². The Morgan fingerprint density at radius 2 is 1.95 bits per heavy atom. The summed E-state index contributed by atoms with van der Waals surface area (Å²) in [6, 6.07) is 2.18. The minimum atomic E-state index is -0.609. The molecular weight excluding hydrogens is 268 g/mol. The third kappa shape index (κ3) is 2.84. The Balaban J connectivity index is 2.37. The number of aromatic nitrogens is 2. The van der Waals surface area contributed by atoms with Gasteiger partial charge in [0.25, 0.3) is 0 Å². The molecule has 0 radical (unpaired) electrons. The smallest absolute Gasteiger partial charge is 0.178 e. The van der Waals surface area contributed by atoms with Crippen molar-refractivity contribution < 1.29 is 8.78 Å². The van der Waals surface area contributed by atoms with Crippen LogP contribution in [0.3, 0.4) is 0 Å². The summed E-state index contributed by atoms with van der Waals surface area (Å²) < 4.78 is 29.1. The maximum atomic E-state index is 13.6. The van der Waals surface area contributed by atoms with Crippen LogP contribution in [-0.2, 0) is 6.54 Å². The van der Waals surface area contributed by atoms with Gasteiger partial charge < -0.3 is 14.5 Å². The van der Waals surface area contributed by atoms with Crippen LogP contribution in [0, 0.1) is 16.4 Å². The molecule has 19 heavy (non-hydrogen) atoms. The highest BCUT2D eigenvalue weighted by atomic mass is 32.1. The zero-order valence-electron chi connectivity index (χ0n) is 11.0. The van der Waals surface area contributed by atoms with Crippen LogP contribution in [0.4, 0.5) is 8.78 Å². The van der Waals surface area contributed by atoms with Gasteiger partial charge in [0.15, 0.2) is 10.6 Å². The largest absolute Gasteiger partial charge is 0.328 e. The van der Waals surface area contributed by atoms with Crippen molar-refractivity contribution in [1.29, 1.82) is 0 Å². The van der Waals surface area contributed by atoms with E-state index >= 15 is 0 Å². The van der Waals surface area contributed by atoms with Gasteiger partial charge in [-0.15, -0.1) is 0 Å². The Bertz CT molecular complexity index is 629. The van der Waals surface area contributed by atoms with Crippen molar-refractivity contribution in [2.24, 2.45) is 0 Å². The summed E-state index contributed by atoms with van der Waals surface area (Å²) in [6.07, 6.45) is 0. The fourth-order valence-corrected chi connectivity index (χ4v) is 2.48. The Morgan fingerprint density at radius 3 is 2.58 bits per heavy atom. The van der Waals surface area contributed by atoms with Crippen LogP contribution in [0.5, 0.6) is 0 Å². The summed E-state index contributed by atoms with van der Waals surface area (Å²) in [4.78, 5) is 5.03. The molecule has 0 aliphatic carbocycles. The average molecular weight is 285 g/mol. The first-order chi connectivity index (χ1) is 9.06. The van der Waals surface area contributed by atoms with Crippen molar-refractivity contribution >= 4 is 23.3 Å². The topological polar surface area (TPSA) is 24.0 Å². The molecule has 0 aliphatic heterocycles. The van der Waals surface area contributed by atoms with Gasteiger partial charge in [0.2, 0.25) is 0 Å². The Kier molecular flexibility index (Phi) is 4.31. The number of H-pyrrole nitrogens is 1. The Hall–Kier alpha value is -1.27. The molecule has 0 atom stereocenters. The van der Waals surface area contributed by atoms with Crippen molar-refractivity contribution in [3.05, 3.63) is 28.5 Å². The lowest BCUT2D eigenvalue weighted by atomic mass is 10.3. The molecule has 6 heteroatoms. The predicted octanol–water partition coefficient (Wildman–Crippen LogP) is 3.32. The number of imidazole rings is 1. The van der Waals surface area contributed by atoms with Gasteiger partial charge in [-0.3, -0.25) is 0 Å². The molecule has 0 aliphatic rings. The molecule has 1 heterocycles. The quantitative estimate of drug-likeness (QED) is 0.852. The molecule has 1 N–H and O–H groups in total. The minimum Gasteiger partial charge on any atom is -0.328 e. The summed E-state index contributed by atoms with van der Waals surface area (Å²) >= 11 is 5.18. The van der Waals surface area contributed by atoms with Gasteiger partial charge in [-0.25, -0.2) is 8.78 Å². The number of rotatable bonds is 5. The number of hydrogen-bond acceptors (Lipinski definition) is 2. The van der Waals surface area contributed by atoms with Crippen molar-refractivity contribution in [2.45, 2.75) is 20.4 Å². The number of aromatic amines is 1. The number of nitrogens with zero attached hydrogens (tertiary/aromatic N) is 2. The first kappa shape index (κ1) is 14.1. The van der Waals surface area contributed by atoms with Crippen LogP contribution in [0.15, 0.2) is 12.1 Å². The molecule has 0 fully saturated rings. The molecule has 0 amide bonds. The standard InChI is InChI=1S/C13H17F2N3S/c1-3-17(4-2)5-6-18-11-8-9(14)7-10(15)12(11)16-13(18)19/h7-8H,3-6H2,1-2H3,(H,16,19). The second kappa shape index (κ2) is 5.79.